The maximum absolute atomic E-state index is 13.3. The SMILES string of the molecule is Cc1cccc(C)c1-c1cc2nc(n1)NS(=O)(=O)c1cccc(c1)C(=O)N[C@@H]1CN(C(=O)OC(C)(C)C)CC[C@H]1O2. The second-order valence-corrected chi connectivity index (χ2v) is 12.9. The topological polar surface area (TPSA) is 140 Å². The molecule has 5 rings (SSSR count). The predicted octanol–water partition coefficient (Wildman–Crippen LogP) is 4.06. The van der Waals surface area contributed by atoms with Gasteiger partial charge >= 0.3 is 6.09 Å². The van der Waals surface area contributed by atoms with Gasteiger partial charge in [-0.3, -0.25) is 4.79 Å². The number of hydrogen-bond acceptors (Lipinski definition) is 8. The lowest BCUT2D eigenvalue weighted by molar-refractivity contribution is 0.00409. The van der Waals surface area contributed by atoms with Gasteiger partial charge < -0.3 is 19.7 Å². The first-order valence-electron chi connectivity index (χ1n) is 13.3. The number of sulfonamides is 1. The summed E-state index contributed by atoms with van der Waals surface area (Å²) in [5.41, 5.74) is 2.67. The number of amides is 2. The van der Waals surface area contributed by atoms with Crippen LogP contribution in [0.3, 0.4) is 0 Å². The Balaban J connectivity index is 1.60. The number of carbonyl (C=O) groups excluding carboxylic acids is 2. The van der Waals surface area contributed by atoms with E-state index in [0.29, 0.717) is 18.7 Å². The summed E-state index contributed by atoms with van der Waals surface area (Å²) >= 11 is 0. The maximum Gasteiger partial charge on any atom is 0.410 e. The van der Waals surface area contributed by atoms with E-state index in [1.165, 1.54) is 29.2 Å². The van der Waals surface area contributed by atoms with E-state index in [2.05, 4.69) is 20.0 Å². The Morgan fingerprint density at radius 2 is 1.78 bits per heavy atom. The largest absolute Gasteiger partial charge is 0.472 e. The van der Waals surface area contributed by atoms with Crippen LogP contribution in [0, 0.1) is 13.8 Å². The number of hydrogen-bond donors (Lipinski definition) is 2. The summed E-state index contributed by atoms with van der Waals surface area (Å²) in [4.78, 5) is 36.5. The van der Waals surface area contributed by atoms with Crippen molar-refractivity contribution in [3.63, 3.8) is 0 Å². The molecule has 4 bridgehead atoms. The second kappa shape index (κ2) is 10.7. The third kappa shape index (κ3) is 6.27. The molecule has 0 spiro atoms. The smallest absolute Gasteiger partial charge is 0.410 e. The van der Waals surface area contributed by atoms with Gasteiger partial charge in [-0.1, -0.05) is 24.3 Å². The van der Waals surface area contributed by atoms with Crippen LogP contribution < -0.4 is 14.8 Å². The fourth-order valence-corrected chi connectivity index (χ4v) is 5.96. The first kappa shape index (κ1) is 28.3. The summed E-state index contributed by atoms with van der Waals surface area (Å²) in [5, 5.41) is 2.94. The molecule has 3 aromatic rings. The molecule has 11 nitrogen and oxygen atoms in total. The van der Waals surface area contributed by atoms with Crippen molar-refractivity contribution in [2.45, 2.75) is 63.7 Å². The van der Waals surface area contributed by atoms with Crippen LogP contribution >= 0.6 is 0 Å². The van der Waals surface area contributed by atoms with Crippen molar-refractivity contribution >= 4 is 28.0 Å². The van der Waals surface area contributed by atoms with Gasteiger partial charge in [0, 0.05) is 36.7 Å². The number of nitrogens with zero attached hydrogens (tertiary/aromatic N) is 3. The molecule has 0 aliphatic carbocycles. The summed E-state index contributed by atoms with van der Waals surface area (Å²) in [6, 6.07) is 12.5. The molecular weight excluding hydrogens is 546 g/mol. The molecule has 2 N–H and O–H groups in total. The summed E-state index contributed by atoms with van der Waals surface area (Å²) < 4.78 is 41.0. The molecule has 216 valence electrons. The highest BCUT2D eigenvalue weighted by Gasteiger charge is 2.37. The molecule has 2 amide bonds. The van der Waals surface area contributed by atoms with Crippen molar-refractivity contribution in [1.29, 1.82) is 0 Å². The van der Waals surface area contributed by atoms with Gasteiger partial charge in [0.1, 0.15) is 11.7 Å². The third-order valence-electron chi connectivity index (χ3n) is 6.86. The van der Waals surface area contributed by atoms with Crippen molar-refractivity contribution in [1.82, 2.24) is 20.2 Å². The van der Waals surface area contributed by atoms with Crippen LogP contribution in [-0.4, -0.2) is 66.1 Å². The van der Waals surface area contributed by atoms with Crippen LogP contribution in [0.25, 0.3) is 11.3 Å². The molecule has 2 aromatic carbocycles. The highest BCUT2D eigenvalue weighted by atomic mass is 32.2. The zero-order valence-electron chi connectivity index (χ0n) is 23.6. The van der Waals surface area contributed by atoms with E-state index >= 15 is 0 Å². The van der Waals surface area contributed by atoms with Gasteiger partial charge in [0.15, 0.2) is 0 Å². The Hall–Kier alpha value is -4.19. The number of benzene rings is 2. The van der Waals surface area contributed by atoms with E-state index in [-0.39, 0.29) is 28.8 Å². The Morgan fingerprint density at radius 3 is 2.49 bits per heavy atom. The third-order valence-corrected chi connectivity index (χ3v) is 8.19. The van der Waals surface area contributed by atoms with Gasteiger partial charge in [-0.15, -0.1) is 0 Å². The predicted molar refractivity (Wildman–Crippen MR) is 152 cm³/mol. The monoisotopic (exact) mass is 579 g/mol. The number of carbonyl (C=O) groups is 2. The first-order chi connectivity index (χ1) is 19.3. The molecule has 1 aromatic heterocycles. The molecule has 0 saturated carbocycles. The fraction of sp³-hybridized carbons (Fsp3) is 0.379. The Labute approximate surface area is 239 Å². The summed E-state index contributed by atoms with van der Waals surface area (Å²) in [7, 11) is -4.14. The molecule has 1 fully saturated rings. The van der Waals surface area contributed by atoms with Gasteiger partial charge in [-0.25, -0.2) is 22.9 Å². The number of fused-ring (bicyclic) bond motifs is 5. The van der Waals surface area contributed by atoms with Gasteiger partial charge in [0.2, 0.25) is 11.8 Å². The number of piperidine rings is 1. The quantitative estimate of drug-likeness (QED) is 0.440. The molecule has 2 atom stereocenters. The van der Waals surface area contributed by atoms with E-state index in [9.17, 15) is 18.0 Å². The minimum absolute atomic E-state index is 0.122. The van der Waals surface area contributed by atoms with Crippen LogP contribution in [0.15, 0.2) is 53.4 Å². The molecule has 3 heterocycles. The van der Waals surface area contributed by atoms with Gasteiger partial charge in [-0.2, -0.15) is 4.98 Å². The minimum atomic E-state index is -4.14. The molecule has 12 heteroatoms. The van der Waals surface area contributed by atoms with Gasteiger partial charge in [0.05, 0.1) is 16.6 Å². The molecule has 0 radical (unpaired) electrons. The van der Waals surface area contributed by atoms with Crippen LogP contribution in [0.1, 0.15) is 48.7 Å². The Bertz CT molecular complexity index is 1600. The lowest BCUT2D eigenvalue weighted by Crippen LogP contribution is -2.58. The lowest BCUT2D eigenvalue weighted by atomic mass is 10.00. The summed E-state index contributed by atoms with van der Waals surface area (Å²) in [6.07, 6.45) is -0.701. The maximum atomic E-state index is 13.3. The average molecular weight is 580 g/mol. The number of ether oxygens (including phenoxy) is 2. The van der Waals surface area contributed by atoms with Crippen molar-refractivity contribution < 1.29 is 27.5 Å². The number of rotatable bonds is 1. The van der Waals surface area contributed by atoms with E-state index in [4.69, 9.17) is 9.47 Å². The normalized spacial score (nSPS) is 20.1. The number of nitrogens with one attached hydrogen (secondary N) is 2. The highest BCUT2D eigenvalue weighted by molar-refractivity contribution is 7.92. The Kier molecular flexibility index (Phi) is 7.37. The van der Waals surface area contributed by atoms with Crippen LogP contribution in [0.2, 0.25) is 0 Å². The van der Waals surface area contributed by atoms with E-state index in [0.717, 1.165) is 16.7 Å². The van der Waals surface area contributed by atoms with Crippen molar-refractivity contribution in [3.05, 3.63) is 65.2 Å². The number of aryl methyl sites for hydroxylation is 2. The minimum Gasteiger partial charge on any atom is -0.472 e. The number of aromatic nitrogens is 2. The molecule has 2 aliphatic heterocycles. The van der Waals surface area contributed by atoms with Crippen molar-refractivity contribution in [2.75, 3.05) is 17.8 Å². The summed E-state index contributed by atoms with van der Waals surface area (Å²) in [6.45, 7) is 9.71. The van der Waals surface area contributed by atoms with Crippen molar-refractivity contribution in [2.24, 2.45) is 0 Å². The first-order valence-corrected chi connectivity index (χ1v) is 14.8. The fourth-order valence-electron chi connectivity index (χ4n) is 4.97. The van der Waals surface area contributed by atoms with Crippen LogP contribution in [0.4, 0.5) is 10.7 Å². The number of likely N-dealkylation sites (tertiary alicyclic amines) is 1. The zero-order chi connectivity index (χ0) is 29.5. The summed E-state index contributed by atoms with van der Waals surface area (Å²) in [5.74, 6) is -0.525. The second-order valence-electron chi connectivity index (χ2n) is 11.3. The molecule has 2 aliphatic rings. The lowest BCUT2D eigenvalue weighted by Gasteiger charge is -2.39. The van der Waals surface area contributed by atoms with Crippen LogP contribution in [0.5, 0.6) is 5.88 Å². The zero-order valence-corrected chi connectivity index (χ0v) is 24.4. The van der Waals surface area contributed by atoms with E-state index < -0.39 is 39.8 Å². The Morgan fingerprint density at radius 1 is 1.07 bits per heavy atom. The van der Waals surface area contributed by atoms with Crippen molar-refractivity contribution in [3.8, 4) is 17.1 Å². The molecule has 1 saturated heterocycles. The van der Waals surface area contributed by atoms with E-state index in [1.54, 1.807) is 26.8 Å². The van der Waals surface area contributed by atoms with E-state index in [1.807, 2.05) is 32.0 Å². The molecule has 41 heavy (non-hydrogen) atoms. The number of anilines is 1. The van der Waals surface area contributed by atoms with Gasteiger partial charge in [-0.05, 0) is 63.9 Å². The van der Waals surface area contributed by atoms with Gasteiger partial charge in [0.25, 0.3) is 15.9 Å². The molecular formula is C29H33N5O6S. The standard InChI is InChI=1S/C29H33N5O6S/c1-17-8-6-9-18(2)25(17)21-15-24-32-27(31-21)33-41(37,38)20-11-7-10-19(14-20)26(35)30-22-16-34(13-12-23(22)39-24)28(36)40-29(3,4)5/h6-11,14-15,22-23H,12-13,16H2,1-5H3,(H,30,35)(H,31,32,33)/t22-,23-/m1/s1. The van der Waals surface area contributed by atoms with Crippen LogP contribution in [-0.2, 0) is 14.8 Å². The molecule has 0 unspecified atom stereocenters. The average Bonchev–Trinajstić information content (AvgIpc) is 2.88. The highest BCUT2D eigenvalue weighted by Crippen LogP contribution is 2.31.